The first kappa shape index (κ1) is 14.3. The van der Waals surface area contributed by atoms with Crippen LogP contribution in [0.15, 0.2) is 42.5 Å². The van der Waals surface area contributed by atoms with E-state index in [0.29, 0.717) is 6.54 Å². The standard InChI is InChI=1S/C16H15ClN2OS/c1-10-5-6-11-3-2-4-12(16(11)19-10)20-13(9-18)14-7-8-15(17)21-14/h2-8,13H,9,18H2,1H3. The highest BCUT2D eigenvalue weighted by Crippen LogP contribution is 2.32. The van der Waals surface area contributed by atoms with E-state index in [-0.39, 0.29) is 6.10 Å². The van der Waals surface area contributed by atoms with Crippen molar-refractivity contribution in [2.45, 2.75) is 13.0 Å². The van der Waals surface area contributed by atoms with Gasteiger partial charge in [0, 0.05) is 22.5 Å². The summed E-state index contributed by atoms with van der Waals surface area (Å²) < 4.78 is 6.83. The number of nitrogens with two attached hydrogens (primary N) is 1. The topological polar surface area (TPSA) is 48.1 Å². The van der Waals surface area contributed by atoms with Crippen LogP contribution in [0.2, 0.25) is 4.34 Å². The Balaban J connectivity index is 1.98. The van der Waals surface area contributed by atoms with Crippen LogP contribution in [0.5, 0.6) is 5.75 Å². The van der Waals surface area contributed by atoms with Crippen molar-refractivity contribution >= 4 is 33.8 Å². The molecule has 0 radical (unpaired) electrons. The summed E-state index contributed by atoms with van der Waals surface area (Å²) in [6, 6.07) is 13.8. The van der Waals surface area contributed by atoms with Crippen LogP contribution < -0.4 is 10.5 Å². The van der Waals surface area contributed by atoms with Crippen molar-refractivity contribution < 1.29 is 4.74 Å². The zero-order valence-electron chi connectivity index (χ0n) is 11.5. The number of fused-ring (bicyclic) bond motifs is 1. The van der Waals surface area contributed by atoms with Gasteiger partial charge in [0.25, 0.3) is 0 Å². The fourth-order valence-corrected chi connectivity index (χ4v) is 3.29. The molecule has 2 aromatic heterocycles. The molecule has 1 aromatic carbocycles. The number of halogens is 1. The highest BCUT2D eigenvalue weighted by atomic mass is 35.5. The molecule has 0 aliphatic carbocycles. The molecule has 0 amide bonds. The van der Waals surface area contributed by atoms with Gasteiger partial charge in [-0.2, -0.15) is 0 Å². The molecular formula is C16H15ClN2OS. The summed E-state index contributed by atoms with van der Waals surface area (Å²) >= 11 is 7.48. The van der Waals surface area contributed by atoms with Gasteiger partial charge in [-0.3, -0.25) is 0 Å². The van der Waals surface area contributed by atoms with E-state index in [1.807, 2.05) is 49.4 Å². The minimum atomic E-state index is -0.213. The Bertz CT molecular complexity index is 772. The maximum absolute atomic E-state index is 6.10. The lowest BCUT2D eigenvalue weighted by Gasteiger charge is -2.17. The molecule has 0 saturated carbocycles. The maximum Gasteiger partial charge on any atom is 0.146 e. The largest absolute Gasteiger partial charge is 0.481 e. The number of hydrogen-bond acceptors (Lipinski definition) is 4. The van der Waals surface area contributed by atoms with Gasteiger partial charge < -0.3 is 10.5 Å². The average Bonchev–Trinajstić information content (AvgIpc) is 2.91. The molecular weight excluding hydrogens is 304 g/mol. The first-order valence-electron chi connectivity index (χ1n) is 6.65. The van der Waals surface area contributed by atoms with E-state index in [9.17, 15) is 0 Å². The van der Waals surface area contributed by atoms with Crippen LogP contribution in [0.25, 0.3) is 10.9 Å². The minimum absolute atomic E-state index is 0.213. The number of pyridine rings is 1. The number of ether oxygens (including phenoxy) is 1. The first-order chi connectivity index (χ1) is 10.2. The molecule has 108 valence electrons. The molecule has 5 heteroatoms. The van der Waals surface area contributed by atoms with E-state index in [0.717, 1.165) is 31.6 Å². The molecule has 3 rings (SSSR count). The lowest BCUT2D eigenvalue weighted by atomic mass is 10.2. The van der Waals surface area contributed by atoms with E-state index in [1.54, 1.807) is 0 Å². The lowest BCUT2D eigenvalue weighted by molar-refractivity contribution is 0.220. The van der Waals surface area contributed by atoms with Crippen molar-refractivity contribution in [3.63, 3.8) is 0 Å². The molecule has 2 heterocycles. The van der Waals surface area contributed by atoms with Gasteiger partial charge in [-0.1, -0.05) is 29.8 Å². The van der Waals surface area contributed by atoms with Gasteiger partial charge in [0.05, 0.1) is 4.34 Å². The molecule has 0 spiro atoms. The number of thiophene rings is 1. The number of para-hydroxylation sites is 1. The van der Waals surface area contributed by atoms with Crippen molar-refractivity contribution in [2.75, 3.05) is 6.54 Å². The number of rotatable bonds is 4. The van der Waals surface area contributed by atoms with Crippen LogP contribution in [0.4, 0.5) is 0 Å². The molecule has 3 nitrogen and oxygen atoms in total. The summed E-state index contributed by atoms with van der Waals surface area (Å²) in [5.74, 6) is 0.746. The van der Waals surface area contributed by atoms with Crippen molar-refractivity contribution in [2.24, 2.45) is 5.73 Å². The highest BCUT2D eigenvalue weighted by molar-refractivity contribution is 7.16. The summed E-state index contributed by atoms with van der Waals surface area (Å²) in [5, 5.41) is 1.05. The highest BCUT2D eigenvalue weighted by Gasteiger charge is 2.16. The molecule has 0 bridgehead atoms. The Hall–Kier alpha value is -1.62. The summed E-state index contributed by atoms with van der Waals surface area (Å²) in [6.45, 7) is 2.36. The van der Waals surface area contributed by atoms with Gasteiger partial charge in [0.2, 0.25) is 0 Å². The van der Waals surface area contributed by atoms with E-state index in [2.05, 4.69) is 4.98 Å². The van der Waals surface area contributed by atoms with E-state index >= 15 is 0 Å². The number of hydrogen-bond donors (Lipinski definition) is 1. The summed E-state index contributed by atoms with van der Waals surface area (Å²) in [6.07, 6.45) is -0.213. The van der Waals surface area contributed by atoms with Crippen molar-refractivity contribution in [1.29, 1.82) is 0 Å². The Morgan fingerprint density at radius 3 is 2.81 bits per heavy atom. The van der Waals surface area contributed by atoms with Gasteiger partial charge in [-0.05, 0) is 31.2 Å². The van der Waals surface area contributed by atoms with Crippen LogP contribution in [-0.2, 0) is 0 Å². The van der Waals surface area contributed by atoms with E-state index in [1.165, 1.54) is 11.3 Å². The van der Waals surface area contributed by atoms with Crippen LogP contribution >= 0.6 is 22.9 Å². The number of benzene rings is 1. The maximum atomic E-state index is 6.10. The minimum Gasteiger partial charge on any atom is -0.481 e. The second-order valence-corrected chi connectivity index (χ2v) is 6.51. The molecule has 0 aliphatic heterocycles. The van der Waals surface area contributed by atoms with Crippen LogP contribution in [0.3, 0.4) is 0 Å². The van der Waals surface area contributed by atoms with E-state index in [4.69, 9.17) is 22.1 Å². The molecule has 2 N–H and O–H groups in total. The van der Waals surface area contributed by atoms with Gasteiger partial charge in [0.15, 0.2) is 0 Å². The second-order valence-electron chi connectivity index (χ2n) is 4.76. The Kier molecular flexibility index (Phi) is 4.10. The number of aromatic nitrogens is 1. The third-order valence-corrected chi connectivity index (χ3v) is 4.54. The molecule has 1 atom stereocenters. The van der Waals surface area contributed by atoms with Gasteiger partial charge in [-0.25, -0.2) is 4.98 Å². The van der Waals surface area contributed by atoms with Crippen LogP contribution in [0, 0.1) is 6.92 Å². The van der Waals surface area contributed by atoms with E-state index < -0.39 is 0 Å². The number of aryl methyl sites for hydroxylation is 1. The predicted molar refractivity (Wildman–Crippen MR) is 88.2 cm³/mol. The Morgan fingerprint density at radius 1 is 1.24 bits per heavy atom. The van der Waals surface area contributed by atoms with Crippen LogP contribution in [0.1, 0.15) is 16.7 Å². The third kappa shape index (κ3) is 3.02. The number of nitrogens with zero attached hydrogens (tertiary/aromatic N) is 1. The van der Waals surface area contributed by atoms with Crippen molar-refractivity contribution in [1.82, 2.24) is 4.98 Å². The average molecular weight is 319 g/mol. The molecule has 1 unspecified atom stereocenters. The summed E-state index contributed by atoms with van der Waals surface area (Å²) in [5.41, 5.74) is 7.67. The smallest absolute Gasteiger partial charge is 0.146 e. The van der Waals surface area contributed by atoms with Crippen molar-refractivity contribution in [3.8, 4) is 5.75 Å². The van der Waals surface area contributed by atoms with Crippen molar-refractivity contribution in [3.05, 3.63) is 57.4 Å². The molecule has 0 fully saturated rings. The normalized spacial score (nSPS) is 12.5. The quantitative estimate of drug-likeness (QED) is 0.778. The summed E-state index contributed by atoms with van der Waals surface area (Å²) in [7, 11) is 0. The molecule has 0 saturated heterocycles. The fraction of sp³-hybridized carbons (Fsp3) is 0.188. The monoisotopic (exact) mass is 318 g/mol. The zero-order valence-corrected chi connectivity index (χ0v) is 13.1. The third-order valence-electron chi connectivity index (χ3n) is 3.22. The SMILES string of the molecule is Cc1ccc2cccc(OC(CN)c3ccc(Cl)s3)c2n1. The fourth-order valence-electron chi connectivity index (χ4n) is 2.19. The first-order valence-corrected chi connectivity index (χ1v) is 7.85. The van der Waals surface area contributed by atoms with Gasteiger partial charge >= 0.3 is 0 Å². The van der Waals surface area contributed by atoms with Gasteiger partial charge in [0.1, 0.15) is 17.4 Å². The molecule has 3 aromatic rings. The molecule has 21 heavy (non-hydrogen) atoms. The van der Waals surface area contributed by atoms with Crippen LogP contribution in [-0.4, -0.2) is 11.5 Å². The summed E-state index contributed by atoms with van der Waals surface area (Å²) in [4.78, 5) is 5.59. The zero-order chi connectivity index (χ0) is 14.8. The lowest BCUT2D eigenvalue weighted by Crippen LogP contribution is -2.17. The molecule has 0 aliphatic rings. The Labute approximate surface area is 132 Å². The van der Waals surface area contributed by atoms with Gasteiger partial charge in [-0.15, -0.1) is 11.3 Å². The Morgan fingerprint density at radius 2 is 2.10 bits per heavy atom. The predicted octanol–water partition coefficient (Wildman–Crippen LogP) is 4.34. The second kappa shape index (κ2) is 6.02.